The minimum absolute atomic E-state index is 0.239. The molecule has 1 N–H and O–H groups in total. The van der Waals surface area contributed by atoms with E-state index in [9.17, 15) is 9.90 Å². The Hall–Kier alpha value is -2.75. The molecule has 0 aliphatic rings. The van der Waals surface area contributed by atoms with Crippen molar-refractivity contribution in [2.75, 3.05) is 13.2 Å². The fraction of sp³-hybridized carbons (Fsp3) is 0.286. The molecule has 0 aliphatic heterocycles. The Balaban J connectivity index is 2.33. The van der Waals surface area contributed by atoms with E-state index >= 15 is 0 Å². The van der Waals surface area contributed by atoms with Crippen molar-refractivity contribution in [1.82, 2.24) is 0 Å². The second-order valence-electron chi connectivity index (χ2n) is 5.57. The molecule has 0 bridgehead atoms. The summed E-state index contributed by atoms with van der Waals surface area (Å²) in [6, 6.07) is 14.6. The number of carboxylic acids is 1. The number of aliphatic carboxylic acids is 1. The van der Waals surface area contributed by atoms with Gasteiger partial charge >= 0.3 is 5.97 Å². The van der Waals surface area contributed by atoms with Crippen LogP contribution in [0.15, 0.2) is 48.5 Å². The topological polar surface area (TPSA) is 55.8 Å². The molecule has 0 amide bonds. The summed E-state index contributed by atoms with van der Waals surface area (Å²) in [6.07, 6.45) is 3.68. The molecule has 0 saturated heterocycles. The quantitative estimate of drug-likeness (QED) is 0.401. The van der Waals surface area contributed by atoms with Gasteiger partial charge in [0.05, 0.1) is 18.8 Å². The monoisotopic (exact) mass is 340 g/mol. The van der Waals surface area contributed by atoms with Gasteiger partial charge in [0.1, 0.15) is 0 Å². The van der Waals surface area contributed by atoms with Crippen molar-refractivity contribution in [2.24, 2.45) is 0 Å². The van der Waals surface area contributed by atoms with Crippen LogP contribution in [0.4, 0.5) is 0 Å². The van der Waals surface area contributed by atoms with Gasteiger partial charge in [-0.05, 0) is 42.7 Å². The maximum absolute atomic E-state index is 11.6. The predicted octanol–water partition coefficient (Wildman–Crippen LogP) is 4.89. The van der Waals surface area contributed by atoms with Gasteiger partial charge in [0, 0.05) is 0 Å². The van der Waals surface area contributed by atoms with Crippen LogP contribution >= 0.6 is 0 Å². The Bertz CT molecular complexity index is 720. The molecule has 0 fully saturated rings. The van der Waals surface area contributed by atoms with Gasteiger partial charge < -0.3 is 14.6 Å². The Labute approximate surface area is 148 Å². The molecule has 4 heteroatoms. The summed E-state index contributed by atoms with van der Waals surface area (Å²) in [6.45, 7) is 5.17. The highest BCUT2D eigenvalue weighted by molar-refractivity contribution is 6.20. The third-order valence-corrected chi connectivity index (χ3v) is 3.65. The smallest absolute Gasteiger partial charge is 0.336 e. The summed E-state index contributed by atoms with van der Waals surface area (Å²) in [4.78, 5) is 11.6. The van der Waals surface area contributed by atoms with Crippen LogP contribution in [0.25, 0.3) is 11.6 Å². The van der Waals surface area contributed by atoms with Gasteiger partial charge in [-0.3, -0.25) is 0 Å². The number of carboxylic acid groups (broad SMARTS) is 1. The first kappa shape index (κ1) is 18.6. The molecular weight excluding hydrogens is 316 g/mol. The van der Waals surface area contributed by atoms with E-state index in [4.69, 9.17) is 9.47 Å². The van der Waals surface area contributed by atoms with Crippen LogP contribution in [0.3, 0.4) is 0 Å². The fourth-order valence-electron chi connectivity index (χ4n) is 2.38. The van der Waals surface area contributed by atoms with Gasteiger partial charge in [-0.15, -0.1) is 0 Å². The number of hydrogen-bond donors (Lipinski definition) is 1. The minimum atomic E-state index is -0.965. The van der Waals surface area contributed by atoms with Crippen LogP contribution in [-0.2, 0) is 4.79 Å². The average molecular weight is 340 g/mol. The standard InChI is InChI=1S/C21H24O4/c1-3-5-13-25-19-12-11-16(15-20(19)24-4-2)14-18(21(22)23)17-9-7-6-8-10-17/h6-12,14-15H,3-5,13H2,1-2H3,(H,22,23)/b18-14-. The second kappa shape index (κ2) is 9.52. The van der Waals surface area contributed by atoms with Crippen LogP contribution < -0.4 is 9.47 Å². The molecule has 0 spiro atoms. The molecule has 0 atom stereocenters. The van der Waals surface area contributed by atoms with Crippen molar-refractivity contribution >= 4 is 17.6 Å². The second-order valence-corrected chi connectivity index (χ2v) is 5.57. The van der Waals surface area contributed by atoms with E-state index in [-0.39, 0.29) is 5.57 Å². The van der Waals surface area contributed by atoms with E-state index in [1.807, 2.05) is 43.3 Å². The van der Waals surface area contributed by atoms with Crippen molar-refractivity contribution in [3.05, 3.63) is 59.7 Å². The Morgan fingerprint density at radius 2 is 1.80 bits per heavy atom. The molecule has 25 heavy (non-hydrogen) atoms. The molecule has 0 aromatic heterocycles. The number of carbonyl (C=O) groups is 1. The van der Waals surface area contributed by atoms with Crippen molar-refractivity contribution < 1.29 is 19.4 Å². The number of hydrogen-bond acceptors (Lipinski definition) is 3. The molecule has 0 aliphatic carbocycles. The highest BCUT2D eigenvalue weighted by Gasteiger charge is 2.12. The van der Waals surface area contributed by atoms with Crippen LogP contribution in [-0.4, -0.2) is 24.3 Å². The highest BCUT2D eigenvalue weighted by atomic mass is 16.5. The summed E-state index contributed by atoms with van der Waals surface area (Å²) >= 11 is 0. The van der Waals surface area contributed by atoms with E-state index in [0.717, 1.165) is 18.4 Å². The van der Waals surface area contributed by atoms with Gasteiger partial charge in [0.25, 0.3) is 0 Å². The number of unbranched alkanes of at least 4 members (excludes halogenated alkanes) is 1. The van der Waals surface area contributed by atoms with Crippen molar-refractivity contribution in [2.45, 2.75) is 26.7 Å². The van der Waals surface area contributed by atoms with Gasteiger partial charge in [0.2, 0.25) is 0 Å². The summed E-state index contributed by atoms with van der Waals surface area (Å²) in [5.74, 6) is 0.349. The lowest BCUT2D eigenvalue weighted by molar-refractivity contribution is -0.130. The SMILES string of the molecule is CCCCOc1ccc(/C=C(\C(=O)O)c2ccccc2)cc1OCC. The zero-order chi connectivity index (χ0) is 18.1. The largest absolute Gasteiger partial charge is 0.490 e. The molecule has 0 radical (unpaired) electrons. The zero-order valence-corrected chi connectivity index (χ0v) is 14.7. The lowest BCUT2D eigenvalue weighted by Crippen LogP contribution is -2.02. The maximum atomic E-state index is 11.6. The normalized spacial score (nSPS) is 11.2. The Kier molecular flexibility index (Phi) is 7.08. The van der Waals surface area contributed by atoms with Gasteiger partial charge in [-0.25, -0.2) is 4.79 Å². The Morgan fingerprint density at radius 1 is 1.04 bits per heavy atom. The van der Waals surface area contributed by atoms with Crippen LogP contribution in [0.1, 0.15) is 37.8 Å². The van der Waals surface area contributed by atoms with Crippen LogP contribution in [0.2, 0.25) is 0 Å². The van der Waals surface area contributed by atoms with Crippen LogP contribution in [0, 0.1) is 0 Å². The maximum Gasteiger partial charge on any atom is 0.336 e. The van der Waals surface area contributed by atoms with Crippen molar-refractivity contribution in [1.29, 1.82) is 0 Å². The molecule has 0 heterocycles. The van der Waals surface area contributed by atoms with E-state index in [1.165, 1.54) is 0 Å². The molecule has 2 aromatic carbocycles. The molecule has 4 nitrogen and oxygen atoms in total. The molecule has 2 rings (SSSR count). The lowest BCUT2D eigenvalue weighted by atomic mass is 10.0. The van der Waals surface area contributed by atoms with E-state index in [1.54, 1.807) is 18.2 Å². The third-order valence-electron chi connectivity index (χ3n) is 3.65. The van der Waals surface area contributed by atoms with Gasteiger partial charge in [0.15, 0.2) is 11.5 Å². The first-order valence-corrected chi connectivity index (χ1v) is 8.55. The first-order chi connectivity index (χ1) is 12.2. The number of rotatable bonds is 9. The zero-order valence-electron chi connectivity index (χ0n) is 14.7. The molecule has 0 saturated carbocycles. The minimum Gasteiger partial charge on any atom is -0.490 e. The molecule has 132 valence electrons. The molecule has 2 aromatic rings. The number of ether oxygens (including phenoxy) is 2. The van der Waals surface area contributed by atoms with E-state index < -0.39 is 5.97 Å². The van der Waals surface area contributed by atoms with E-state index in [2.05, 4.69) is 6.92 Å². The summed E-state index contributed by atoms with van der Waals surface area (Å²) in [7, 11) is 0. The van der Waals surface area contributed by atoms with Crippen molar-refractivity contribution in [3.8, 4) is 11.5 Å². The van der Waals surface area contributed by atoms with Crippen LogP contribution in [0.5, 0.6) is 11.5 Å². The first-order valence-electron chi connectivity index (χ1n) is 8.55. The molecule has 0 unspecified atom stereocenters. The van der Waals surface area contributed by atoms with Gasteiger partial charge in [-0.2, -0.15) is 0 Å². The predicted molar refractivity (Wildman–Crippen MR) is 100.0 cm³/mol. The highest BCUT2D eigenvalue weighted by Crippen LogP contribution is 2.30. The summed E-state index contributed by atoms with van der Waals surface area (Å²) < 4.78 is 11.4. The third kappa shape index (κ3) is 5.38. The summed E-state index contributed by atoms with van der Waals surface area (Å²) in [5.41, 5.74) is 1.66. The average Bonchev–Trinajstić information content (AvgIpc) is 2.62. The fourth-order valence-corrected chi connectivity index (χ4v) is 2.38. The van der Waals surface area contributed by atoms with E-state index in [0.29, 0.717) is 30.3 Å². The van der Waals surface area contributed by atoms with Gasteiger partial charge in [-0.1, -0.05) is 49.7 Å². The molecular formula is C21H24O4. The summed E-state index contributed by atoms with van der Waals surface area (Å²) in [5, 5.41) is 9.53. The Morgan fingerprint density at radius 3 is 2.44 bits per heavy atom. The number of benzene rings is 2. The lowest BCUT2D eigenvalue weighted by Gasteiger charge is -2.12. The van der Waals surface area contributed by atoms with Crippen molar-refractivity contribution in [3.63, 3.8) is 0 Å².